The van der Waals surface area contributed by atoms with Crippen molar-refractivity contribution in [1.29, 1.82) is 0 Å². The molecule has 2 fully saturated rings. The van der Waals surface area contributed by atoms with Gasteiger partial charge in [-0.1, -0.05) is 0 Å². The van der Waals surface area contributed by atoms with Crippen molar-refractivity contribution in [3.63, 3.8) is 0 Å². The second-order valence-corrected chi connectivity index (χ2v) is 6.32. The van der Waals surface area contributed by atoms with Gasteiger partial charge in [-0.3, -0.25) is 4.79 Å². The van der Waals surface area contributed by atoms with Crippen LogP contribution >= 0.6 is 0 Å². The van der Waals surface area contributed by atoms with Gasteiger partial charge in [-0.2, -0.15) is 0 Å². The summed E-state index contributed by atoms with van der Waals surface area (Å²) in [6, 6.07) is 2.61. The Kier molecular flexibility index (Phi) is 3.87. The Balaban J connectivity index is 1.77. The highest BCUT2D eigenvalue weighted by atomic mass is 19.1. The van der Waals surface area contributed by atoms with Crippen molar-refractivity contribution >= 4 is 23.3 Å². The maximum Gasteiger partial charge on any atom is 0.340 e. The minimum absolute atomic E-state index is 0.0207. The van der Waals surface area contributed by atoms with Crippen molar-refractivity contribution in [1.82, 2.24) is 5.32 Å². The molecular weight excluding hydrogens is 301 g/mol. The molecule has 6 nitrogen and oxygen atoms in total. The van der Waals surface area contributed by atoms with Gasteiger partial charge in [0.2, 0.25) is 5.91 Å². The van der Waals surface area contributed by atoms with Crippen molar-refractivity contribution in [2.75, 3.05) is 37.4 Å². The molecule has 0 aromatic heterocycles. The minimum atomic E-state index is -0.742. The third-order valence-corrected chi connectivity index (χ3v) is 4.88. The summed E-state index contributed by atoms with van der Waals surface area (Å²) in [7, 11) is 1.20. The number of amides is 1. The van der Waals surface area contributed by atoms with Crippen molar-refractivity contribution in [3.05, 3.63) is 23.5 Å². The van der Waals surface area contributed by atoms with Gasteiger partial charge in [0, 0.05) is 32.1 Å². The van der Waals surface area contributed by atoms with Crippen LogP contribution in [0.15, 0.2) is 12.1 Å². The van der Waals surface area contributed by atoms with E-state index < -0.39 is 11.8 Å². The number of hydrogen-bond donors (Lipinski definition) is 2. The second-order valence-electron chi connectivity index (χ2n) is 6.32. The highest BCUT2D eigenvalue weighted by molar-refractivity contribution is 5.92. The van der Waals surface area contributed by atoms with Gasteiger partial charge in [0.1, 0.15) is 5.82 Å². The lowest BCUT2D eigenvalue weighted by atomic mass is 9.77. The Morgan fingerprint density at radius 1 is 1.39 bits per heavy atom. The van der Waals surface area contributed by atoms with Gasteiger partial charge in [0.25, 0.3) is 0 Å². The summed E-state index contributed by atoms with van der Waals surface area (Å²) in [5.74, 6) is -1.28. The zero-order chi connectivity index (χ0) is 16.6. The van der Waals surface area contributed by atoms with E-state index in [4.69, 9.17) is 5.73 Å². The van der Waals surface area contributed by atoms with E-state index in [0.29, 0.717) is 37.4 Å². The van der Waals surface area contributed by atoms with Gasteiger partial charge in [-0.05, 0) is 24.3 Å². The molecule has 0 saturated carbocycles. The summed E-state index contributed by atoms with van der Waals surface area (Å²) in [5.41, 5.74) is 6.80. The van der Waals surface area contributed by atoms with E-state index in [-0.39, 0.29) is 16.9 Å². The topological polar surface area (TPSA) is 84.7 Å². The normalized spacial score (nSPS) is 19.7. The zero-order valence-electron chi connectivity index (χ0n) is 13.0. The molecule has 7 heteroatoms. The number of methoxy groups -OCH3 is 1. The first-order chi connectivity index (χ1) is 10.9. The number of piperidine rings is 1. The van der Waals surface area contributed by atoms with E-state index in [1.54, 1.807) is 0 Å². The fourth-order valence-corrected chi connectivity index (χ4v) is 3.45. The average Bonchev–Trinajstić information content (AvgIpc) is 2.90. The number of nitrogens with two attached hydrogens (primary N) is 1. The third-order valence-electron chi connectivity index (χ3n) is 4.88. The van der Waals surface area contributed by atoms with E-state index in [0.717, 1.165) is 12.8 Å². The lowest BCUT2D eigenvalue weighted by Gasteiger charge is -2.39. The first-order valence-corrected chi connectivity index (χ1v) is 7.63. The van der Waals surface area contributed by atoms with E-state index in [1.165, 1.54) is 19.2 Å². The lowest BCUT2D eigenvalue weighted by molar-refractivity contribution is -0.119. The van der Waals surface area contributed by atoms with Gasteiger partial charge < -0.3 is 20.7 Å². The van der Waals surface area contributed by atoms with E-state index in [2.05, 4.69) is 10.1 Å². The Bertz CT molecular complexity index is 654. The largest absolute Gasteiger partial charge is 0.465 e. The number of nitrogens with one attached hydrogen (secondary N) is 1. The molecule has 3 rings (SSSR count). The predicted octanol–water partition coefficient (Wildman–Crippen LogP) is 1.30. The van der Waals surface area contributed by atoms with Gasteiger partial charge >= 0.3 is 5.97 Å². The highest BCUT2D eigenvalue weighted by Gasteiger charge is 2.41. The minimum Gasteiger partial charge on any atom is -0.465 e. The number of ether oxygens (including phenoxy) is 1. The van der Waals surface area contributed by atoms with Crippen LogP contribution in [0.3, 0.4) is 0 Å². The summed E-state index contributed by atoms with van der Waals surface area (Å²) in [5, 5.41) is 2.89. The number of halogens is 1. The van der Waals surface area contributed by atoms with E-state index in [9.17, 15) is 14.0 Å². The number of nitrogens with zero attached hydrogens (tertiary/aromatic N) is 1. The smallest absolute Gasteiger partial charge is 0.340 e. The van der Waals surface area contributed by atoms with Crippen LogP contribution in [-0.4, -0.2) is 38.6 Å². The third kappa shape index (κ3) is 2.83. The van der Waals surface area contributed by atoms with Gasteiger partial charge in [0.15, 0.2) is 0 Å². The van der Waals surface area contributed by atoms with Crippen molar-refractivity contribution in [2.45, 2.75) is 19.3 Å². The lowest BCUT2D eigenvalue weighted by Crippen LogP contribution is -2.41. The monoisotopic (exact) mass is 321 g/mol. The molecule has 0 radical (unpaired) electrons. The molecule has 0 unspecified atom stereocenters. The highest BCUT2D eigenvalue weighted by Crippen LogP contribution is 2.40. The van der Waals surface area contributed by atoms with Crippen molar-refractivity contribution < 1.29 is 18.7 Å². The molecule has 0 bridgehead atoms. The summed E-state index contributed by atoms with van der Waals surface area (Å²) < 4.78 is 18.7. The molecule has 23 heavy (non-hydrogen) atoms. The molecule has 1 spiro atoms. The Morgan fingerprint density at radius 2 is 2.09 bits per heavy atom. The van der Waals surface area contributed by atoms with Crippen LogP contribution in [0.4, 0.5) is 15.8 Å². The van der Waals surface area contributed by atoms with Crippen molar-refractivity contribution in [3.8, 4) is 0 Å². The number of esters is 1. The molecule has 1 aromatic rings. The molecule has 2 saturated heterocycles. The maximum atomic E-state index is 14.1. The van der Waals surface area contributed by atoms with Gasteiger partial charge in [-0.15, -0.1) is 0 Å². The Hall–Kier alpha value is -2.31. The number of carbonyl (C=O) groups is 2. The number of benzene rings is 1. The quantitative estimate of drug-likeness (QED) is 0.633. The number of carbonyl (C=O) groups excluding carboxylic acids is 2. The Labute approximate surface area is 133 Å². The molecule has 2 heterocycles. The van der Waals surface area contributed by atoms with Gasteiger partial charge in [-0.25, -0.2) is 9.18 Å². The SMILES string of the molecule is COC(=O)c1cc(N)c(N2CCC3(CC2)CNC(=O)C3)cc1F. The standard InChI is InChI=1S/C16H20FN3O3/c1-23-15(22)10-6-12(18)13(7-11(10)17)20-4-2-16(3-5-20)8-14(21)19-9-16/h6-7H,2-5,8-9,18H2,1H3,(H,19,21). The maximum absolute atomic E-state index is 14.1. The summed E-state index contributed by atoms with van der Waals surface area (Å²) in [4.78, 5) is 25.0. The molecular formula is C16H20FN3O3. The van der Waals surface area contributed by atoms with Crippen LogP contribution in [0.2, 0.25) is 0 Å². The van der Waals surface area contributed by atoms with Crippen LogP contribution in [0.25, 0.3) is 0 Å². The molecule has 2 aliphatic rings. The molecule has 3 N–H and O–H groups in total. The molecule has 1 amide bonds. The molecule has 0 atom stereocenters. The van der Waals surface area contributed by atoms with Gasteiger partial charge in [0.05, 0.1) is 24.0 Å². The molecule has 2 aliphatic heterocycles. The van der Waals surface area contributed by atoms with Crippen LogP contribution in [0, 0.1) is 11.2 Å². The zero-order valence-corrected chi connectivity index (χ0v) is 13.0. The average molecular weight is 321 g/mol. The first kappa shape index (κ1) is 15.6. The summed E-state index contributed by atoms with van der Waals surface area (Å²) in [6.45, 7) is 2.12. The number of hydrogen-bond acceptors (Lipinski definition) is 5. The first-order valence-electron chi connectivity index (χ1n) is 7.63. The van der Waals surface area contributed by atoms with Crippen LogP contribution in [-0.2, 0) is 9.53 Å². The summed E-state index contributed by atoms with van der Waals surface area (Å²) in [6.07, 6.45) is 2.27. The fourth-order valence-electron chi connectivity index (χ4n) is 3.45. The van der Waals surface area contributed by atoms with E-state index >= 15 is 0 Å². The van der Waals surface area contributed by atoms with Crippen LogP contribution in [0.5, 0.6) is 0 Å². The summed E-state index contributed by atoms with van der Waals surface area (Å²) >= 11 is 0. The number of nitrogen functional groups attached to an aromatic ring is 1. The molecule has 0 aliphatic carbocycles. The van der Waals surface area contributed by atoms with Crippen LogP contribution < -0.4 is 16.0 Å². The predicted molar refractivity (Wildman–Crippen MR) is 83.7 cm³/mol. The van der Waals surface area contributed by atoms with E-state index in [1.807, 2.05) is 4.90 Å². The number of rotatable bonds is 2. The molecule has 1 aromatic carbocycles. The Morgan fingerprint density at radius 3 is 2.65 bits per heavy atom. The fraction of sp³-hybridized carbons (Fsp3) is 0.500. The van der Waals surface area contributed by atoms with Crippen molar-refractivity contribution in [2.24, 2.45) is 5.41 Å². The van der Waals surface area contributed by atoms with Crippen LogP contribution in [0.1, 0.15) is 29.6 Å². The number of anilines is 2. The second kappa shape index (κ2) is 5.72. The molecule has 124 valence electrons.